The van der Waals surface area contributed by atoms with Gasteiger partial charge in [0.05, 0.1) is 12.2 Å². The Labute approximate surface area is 124 Å². The van der Waals surface area contributed by atoms with Gasteiger partial charge in [0.25, 0.3) is 0 Å². The first kappa shape index (κ1) is 16.0. The number of aliphatic hydroxyl groups excluding tert-OH is 2. The van der Waals surface area contributed by atoms with Crippen LogP contribution in [0.3, 0.4) is 0 Å². The molecule has 6 atom stereocenters. The van der Waals surface area contributed by atoms with Crippen LogP contribution in [0.15, 0.2) is 12.7 Å². The van der Waals surface area contributed by atoms with E-state index in [4.69, 9.17) is 0 Å². The highest BCUT2D eigenvalue weighted by Crippen LogP contribution is 2.43. The first-order valence-electron chi connectivity index (χ1n) is 8.62. The summed E-state index contributed by atoms with van der Waals surface area (Å²) in [6, 6.07) is 0. The monoisotopic (exact) mass is 280 g/mol. The molecule has 0 aromatic rings. The fourth-order valence-corrected chi connectivity index (χ4v) is 4.59. The third kappa shape index (κ3) is 3.85. The first-order chi connectivity index (χ1) is 9.65. The van der Waals surface area contributed by atoms with E-state index in [1.165, 1.54) is 0 Å². The van der Waals surface area contributed by atoms with Gasteiger partial charge < -0.3 is 10.2 Å². The molecular weight excluding hydrogens is 248 g/mol. The molecule has 2 saturated carbocycles. The molecule has 0 spiro atoms. The van der Waals surface area contributed by atoms with Gasteiger partial charge in [-0.2, -0.15) is 0 Å². The van der Waals surface area contributed by atoms with Crippen molar-refractivity contribution in [3.63, 3.8) is 0 Å². The summed E-state index contributed by atoms with van der Waals surface area (Å²) in [4.78, 5) is 0. The summed E-state index contributed by atoms with van der Waals surface area (Å²) < 4.78 is 0. The molecule has 0 bridgehead atoms. The molecule has 2 heteroatoms. The summed E-state index contributed by atoms with van der Waals surface area (Å²) in [5, 5.41) is 20.5. The standard InChI is InChI=1S/C18H32O2/c1-3-5-13-7-9-18(20)16(11-13)14-8-10-17(19)15(12-14)6-4-2/h3,13-20H,1,4-12H2,2H3. The number of allylic oxidation sites excluding steroid dienone is 1. The summed E-state index contributed by atoms with van der Waals surface area (Å²) in [7, 11) is 0. The van der Waals surface area contributed by atoms with Gasteiger partial charge in [-0.25, -0.2) is 0 Å². The minimum Gasteiger partial charge on any atom is -0.393 e. The van der Waals surface area contributed by atoms with Crippen LogP contribution in [0.25, 0.3) is 0 Å². The van der Waals surface area contributed by atoms with E-state index in [0.717, 1.165) is 63.7 Å². The Morgan fingerprint density at radius 3 is 2.50 bits per heavy atom. The van der Waals surface area contributed by atoms with Gasteiger partial charge in [0.1, 0.15) is 0 Å². The molecule has 2 fully saturated rings. The van der Waals surface area contributed by atoms with Gasteiger partial charge in [-0.3, -0.25) is 0 Å². The quantitative estimate of drug-likeness (QED) is 0.749. The second kappa shape index (κ2) is 7.61. The van der Waals surface area contributed by atoms with E-state index < -0.39 is 0 Å². The van der Waals surface area contributed by atoms with Crippen molar-refractivity contribution in [3.8, 4) is 0 Å². The largest absolute Gasteiger partial charge is 0.393 e. The summed E-state index contributed by atoms with van der Waals surface area (Å²) >= 11 is 0. The van der Waals surface area contributed by atoms with Crippen molar-refractivity contribution in [2.45, 2.75) is 76.9 Å². The Morgan fingerprint density at radius 2 is 1.80 bits per heavy atom. The van der Waals surface area contributed by atoms with Crippen LogP contribution in [0.2, 0.25) is 0 Å². The molecule has 0 aromatic carbocycles. The Hall–Kier alpha value is -0.340. The van der Waals surface area contributed by atoms with Crippen LogP contribution in [0.4, 0.5) is 0 Å². The lowest BCUT2D eigenvalue weighted by Crippen LogP contribution is -2.39. The molecule has 6 unspecified atom stereocenters. The van der Waals surface area contributed by atoms with Crippen molar-refractivity contribution in [1.82, 2.24) is 0 Å². The molecule has 0 radical (unpaired) electrons. The summed E-state index contributed by atoms with van der Waals surface area (Å²) in [5.74, 6) is 2.27. The van der Waals surface area contributed by atoms with E-state index in [9.17, 15) is 10.2 Å². The zero-order valence-corrected chi connectivity index (χ0v) is 13.0. The van der Waals surface area contributed by atoms with Crippen LogP contribution in [0.1, 0.15) is 64.7 Å². The third-order valence-corrected chi connectivity index (χ3v) is 5.72. The Kier molecular flexibility index (Phi) is 6.10. The Balaban J connectivity index is 1.95. The van der Waals surface area contributed by atoms with Gasteiger partial charge >= 0.3 is 0 Å². The van der Waals surface area contributed by atoms with E-state index in [-0.39, 0.29) is 12.2 Å². The molecule has 2 nitrogen and oxygen atoms in total. The maximum absolute atomic E-state index is 10.4. The zero-order valence-electron chi connectivity index (χ0n) is 13.0. The third-order valence-electron chi connectivity index (χ3n) is 5.72. The molecule has 0 heterocycles. The molecule has 2 aliphatic carbocycles. The van der Waals surface area contributed by atoms with Gasteiger partial charge in [-0.05, 0) is 75.0 Å². The first-order valence-corrected chi connectivity index (χ1v) is 8.62. The second-order valence-electron chi connectivity index (χ2n) is 7.12. The van der Waals surface area contributed by atoms with Gasteiger partial charge in [0.15, 0.2) is 0 Å². The van der Waals surface area contributed by atoms with Crippen LogP contribution in [-0.4, -0.2) is 22.4 Å². The number of rotatable bonds is 5. The molecule has 2 N–H and O–H groups in total. The van der Waals surface area contributed by atoms with E-state index in [0.29, 0.717) is 17.8 Å². The molecule has 2 rings (SSSR count). The van der Waals surface area contributed by atoms with Crippen LogP contribution in [0, 0.1) is 23.7 Å². The average Bonchev–Trinajstić information content (AvgIpc) is 2.44. The van der Waals surface area contributed by atoms with Crippen LogP contribution >= 0.6 is 0 Å². The fourth-order valence-electron chi connectivity index (χ4n) is 4.59. The Bertz CT molecular complexity index is 302. The summed E-state index contributed by atoms with van der Waals surface area (Å²) in [5.41, 5.74) is 0. The Morgan fingerprint density at radius 1 is 1.05 bits per heavy atom. The molecule has 2 aliphatic rings. The van der Waals surface area contributed by atoms with Crippen molar-refractivity contribution in [1.29, 1.82) is 0 Å². The van der Waals surface area contributed by atoms with Crippen molar-refractivity contribution in [2.24, 2.45) is 23.7 Å². The molecule has 0 aliphatic heterocycles. The average molecular weight is 280 g/mol. The zero-order chi connectivity index (χ0) is 14.5. The van der Waals surface area contributed by atoms with Crippen molar-refractivity contribution in [3.05, 3.63) is 12.7 Å². The molecule has 20 heavy (non-hydrogen) atoms. The highest BCUT2D eigenvalue weighted by molar-refractivity contribution is 4.90. The van der Waals surface area contributed by atoms with E-state index in [2.05, 4.69) is 13.5 Å². The molecule has 0 aromatic heterocycles. The van der Waals surface area contributed by atoms with E-state index >= 15 is 0 Å². The predicted molar refractivity (Wildman–Crippen MR) is 83.4 cm³/mol. The number of hydrogen-bond donors (Lipinski definition) is 2. The topological polar surface area (TPSA) is 40.5 Å². The number of aliphatic hydroxyl groups is 2. The van der Waals surface area contributed by atoms with Crippen molar-refractivity contribution in [2.75, 3.05) is 0 Å². The fraction of sp³-hybridized carbons (Fsp3) is 0.889. The van der Waals surface area contributed by atoms with E-state index in [1.54, 1.807) is 0 Å². The van der Waals surface area contributed by atoms with Crippen LogP contribution in [0.5, 0.6) is 0 Å². The minimum atomic E-state index is -0.112. The second-order valence-corrected chi connectivity index (χ2v) is 7.12. The van der Waals surface area contributed by atoms with Gasteiger partial charge in [0.2, 0.25) is 0 Å². The lowest BCUT2D eigenvalue weighted by molar-refractivity contribution is -0.0283. The van der Waals surface area contributed by atoms with Crippen LogP contribution in [-0.2, 0) is 0 Å². The molecule has 116 valence electrons. The van der Waals surface area contributed by atoms with Gasteiger partial charge in [-0.15, -0.1) is 6.58 Å². The predicted octanol–water partition coefficient (Wildman–Crippen LogP) is 3.92. The summed E-state index contributed by atoms with van der Waals surface area (Å²) in [6.45, 7) is 6.06. The van der Waals surface area contributed by atoms with Gasteiger partial charge in [-0.1, -0.05) is 19.4 Å². The molecular formula is C18H32O2. The maximum atomic E-state index is 10.4. The smallest absolute Gasteiger partial charge is 0.0571 e. The minimum absolute atomic E-state index is 0.101. The lowest BCUT2D eigenvalue weighted by atomic mass is 9.65. The van der Waals surface area contributed by atoms with Crippen molar-refractivity contribution < 1.29 is 10.2 Å². The lowest BCUT2D eigenvalue weighted by Gasteiger charge is -2.43. The molecule has 0 amide bonds. The molecule has 0 saturated heterocycles. The number of hydrogen-bond acceptors (Lipinski definition) is 2. The SMILES string of the molecule is C=CCC1CCC(O)C(C2CCC(O)C(CCC)C2)C1. The summed E-state index contributed by atoms with van der Waals surface area (Å²) in [6.07, 6.45) is 11.6. The van der Waals surface area contributed by atoms with Crippen LogP contribution < -0.4 is 0 Å². The van der Waals surface area contributed by atoms with Gasteiger partial charge in [0, 0.05) is 0 Å². The maximum Gasteiger partial charge on any atom is 0.0571 e. The van der Waals surface area contributed by atoms with Crippen molar-refractivity contribution >= 4 is 0 Å². The van der Waals surface area contributed by atoms with E-state index in [1.807, 2.05) is 6.08 Å². The normalized spacial score (nSPS) is 42.4. The highest BCUT2D eigenvalue weighted by atomic mass is 16.3. The highest BCUT2D eigenvalue weighted by Gasteiger charge is 2.38.